The Morgan fingerprint density at radius 2 is 1.95 bits per heavy atom. The number of phosphoric acid groups is 1. The number of ether oxygens (including phenoxy) is 1. The molecule has 0 aromatic rings. The standard InChI is InChI=1S/C14H29O5P/c1-4-6-7-8-9-11-17-14(10-5-2)12-18-20(15,16)19-13(14)3/h13H,4-12H2,1-3H3,(H,15,16). The molecule has 1 fully saturated rings. The van der Waals surface area contributed by atoms with Gasteiger partial charge in [-0.25, -0.2) is 4.57 Å². The maximum atomic E-state index is 11.4. The van der Waals surface area contributed by atoms with Crippen LogP contribution in [-0.2, 0) is 18.3 Å². The summed E-state index contributed by atoms with van der Waals surface area (Å²) in [6, 6.07) is 0. The fourth-order valence-corrected chi connectivity index (χ4v) is 3.58. The Hall–Kier alpha value is 0.0700. The quantitative estimate of drug-likeness (QED) is 0.514. The van der Waals surface area contributed by atoms with Gasteiger partial charge in [-0.2, -0.15) is 0 Å². The number of hydrogen-bond donors (Lipinski definition) is 1. The van der Waals surface area contributed by atoms with Crippen LogP contribution in [0.5, 0.6) is 0 Å². The van der Waals surface area contributed by atoms with Gasteiger partial charge in [0.2, 0.25) is 0 Å². The molecule has 0 aromatic heterocycles. The van der Waals surface area contributed by atoms with Crippen LogP contribution in [0.4, 0.5) is 0 Å². The van der Waals surface area contributed by atoms with E-state index >= 15 is 0 Å². The Bertz CT molecular complexity index is 323. The first-order chi connectivity index (χ1) is 9.46. The fourth-order valence-electron chi connectivity index (χ4n) is 2.55. The van der Waals surface area contributed by atoms with Crippen LogP contribution < -0.4 is 0 Å². The smallest absolute Gasteiger partial charge is 0.370 e. The van der Waals surface area contributed by atoms with E-state index in [0.29, 0.717) is 6.61 Å². The van der Waals surface area contributed by atoms with E-state index in [1.54, 1.807) is 6.92 Å². The summed E-state index contributed by atoms with van der Waals surface area (Å²) in [7, 11) is -3.88. The van der Waals surface area contributed by atoms with Crippen molar-refractivity contribution in [3.05, 3.63) is 0 Å². The van der Waals surface area contributed by atoms with Gasteiger partial charge >= 0.3 is 7.82 Å². The van der Waals surface area contributed by atoms with Gasteiger partial charge in [0.1, 0.15) is 5.60 Å². The van der Waals surface area contributed by atoms with Gasteiger partial charge < -0.3 is 9.63 Å². The Balaban J connectivity index is 2.44. The van der Waals surface area contributed by atoms with Crippen molar-refractivity contribution >= 4 is 7.82 Å². The highest BCUT2D eigenvalue weighted by molar-refractivity contribution is 7.47. The van der Waals surface area contributed by atoms with Crippen LogP contribution in [0, 0.1) is 0 Å². The number of hydrogen-bond acceptors (Lipinski definition) is 4. The highest BCUT2D eigenvalue weighted by Crippen LogP contribution is 2.52. The van der Waals surface area contributed by atoms with Crippen LogP contribution in [0.1, 0.15) is 65.7 Å². The molecule has 0 aromatic carbocycles. The van der Waals surface area contributed by atoms with Gasteiger partial charge in [0, 0.05) is 6.61 Å². The molecule has 120 valence electrons. The second-order valence-electron chi connectivity index (χ2n) is 5.57. The van der Waals surface area contributed by atoms with Crippen molar-refractivity contribution in [1.82, 2.24) is 0 Å². The van der Waals surface area contributed by atoms with E-state index < -0.39 is 19.5 Å². The van der Waals surface area contributed by atoms with E-state index in [1.807, 2.05) is 0 Å². The average molecular weight is 308 g/mol. The summed E-state index contributed by atoms with van der Waals surface area (Å²) in [5.41, 5.74) is -0.587. The van der Waals surface area contributed by atoms with Crippen LogP contribution in [0.3, 0.4) is 0 Å². The molecule has 5 nitrogen and oxygen atoms in total. The number of rotatable bonds is 9. The molecule has 0 amide bonds. The summed E-state index contributed by atoms with van der Waals surface area (Å²) in [6.45, 7) is 6.82. The monoisotopic (exact) mass is 308 g/mol. The molecule has 0 radical (unpaired) electrons. The summed E-state index contributed by atoms with van der Waals surface area (Å²) in [6.07, 6.45) is 7.14. The SMILES string of the molecule is CCCCCCCOC1(CCC)COP(=O)(O)OC1C. The van der Waals surface area contributed by atoms with Crippen molar-refractivity contribution in [3.63, 3.8) is 0 Å². The normalized spacial score (nSPS) is 34.3. The second kappa shape index (κ2) is 8.50. The zero-order chi connectivity index (χ0) is 15.1. The van der Waals surface area contributed by atoms with Crippen LogP contribution in [0.15, 0.2) is 0 Å². The lowest BCUT2D eigenvalue weighted by atomic mass is 9.93. The van der Waals surface area contributed by atoms with Gasteiger partial charge in [0.15, 0.2) is 0 Å². The van der Waals surface area contributed by atoms with E-state index in [4.69, 9.17) is 13.8 Å². The Kier molecular flexibility index (Phi) is 7.70. The molecule has 0 saturated carbocycles. The van der Waals surface area contributed by atoms with Crippen LogP contribution in [0.2, 0.25) is 0 Å². The van der Waals surface area contributed by atoms with Crippen molar-refractivity contribution < 1.29 is 23.2 Å². The summed E-state index contributed by atoms with van der Waals surface area (Å²) in [4.78, 5) is 9.37. The lowest BCUT2D eigenvalue weighted by Crippen LogP contribution is -2.51. The topological polar surface area (TPSA) is 65.0 Å². The highest BCUT2D eigenvalue weighted by Gasteiger charge is 2.47. The van der Waals surface area contributed by atoms with E-state index in [0.717, 1.165) is 25.7 Å². The minimum atomic E-state index is -3.88. The van der Waals surface area contributed by atoms with Crippen molar-refractivity contribution in [2.75, 3.05) is 13.2 Å². The van der Waals surface area contributed by atoms with E-state index in [9.17, 15) is 9.46 Å². The molecule has 0 spiro atoms. The Labute approximate surface area is 122 Å². The summed E-state index contributed by atoms with van der Waals surface area (Å²) in [5, 5.41) is 0. The van der Waals surface area contributed by atoms with Crippen molar-refractivity contribution in [1.29, 1.82) is 0 Å². The lowest BCUT2D eigenvalue weighted by Gasteiger charge is -2.42. The van der Waals surface area contributed by atoms with Crippen LogP contribution in [-0.4, -0.2) is 29.8 Å². The molecule has 1 aliphatic rings. The molecular formula is C14H29O5P. The minimum absolute atomic E-state index is 0.130. The predicted octanol–water partition coefficient (Wildman–Crippen LogP) is 4.05. The molecule has 6 heteroatoms. The third-order valence-electron chi connectivity index (χ3n) is 3.81. The molecule has 3 atom stereocenters. The third-order valence-corrected chi connectivity index (χ3v) is 4.85. The zero-order valence-electron chi connectivity index (χ0n) is 13.0. The first kappa shape index (κ1) is 18.1. The van der Waals surface area contributed by atoms with Crippen molar-refractivity contribution in [3.8, 4) is 0 Å². The molecular weight excluding hydrogens is 279 g/mol. The summed E-state index contributed by atoms with van der Waals surface area (Å²) >= 11 is 0. The number of unbranched alkanes of at least 4 members (excludes halogenated alkanes) is 4. The largest absolute Gasteiger partial charge is 0.472 e. The van der Waals surface area contributed by atoms with E-state index in [2.05, 4.69) is 13.8 Å². The van der Waals surface area contributed by atoms with Gasteiger partial charge in [0.05, 0.1) is 12.7 Å². The van der Waals surface area contributed by atoms with Gasteiger partial charge in [0.25, 0.3) is 0 Å². The average Bonchev–Trinajstić information content (AvgIpc) is 2.38. The summed E-state index contributed by atoms with van der Waals surface area (Å²) < 4.78 is 27.5. The lowest BCUT2D eigenvalue weighted by molar-refractivity contribution is -0.166. The maximum Gasteiger partial charge on any atom is 0.472 e. The van der Waals surface area contributed by atoms with Gasteiger partial charge in [-0.1, -0.05) is 46.0 Å². The molecule has 1 rings (SSSR count). The number of phosphoric ester groups is 1. The molecule has 0 bridgehead atoms. The predicted molar refractivity (Wildman–Crippen MR) is 78.7 cm³/mol. The third kappa shape index (κ3) is 5.45. The van der Waals surface area contributed by atoms with Crippen molar-refractivity contribution in [2.45, 2.75) is 77.4 Å². The molecule has 1 saturated heterocycles. The van der Waals surface area contributed by atoms with Gasteiger partial charge in [-0.05, 0) is 19.8 Å². The van der Waals surface area contributed by atoms with Gasteiger partial charge in [-0.3, -0.25) is 9.05 Å². The molecule has 20 heavy (non-hydrogen) atoms. The maximum absolute atomic E-state index is 11.4. The van der Waals surface area contributed by atoms with E-state index in [1.165, 1.54) is 19.3 Å². The minimum Gasteiger partial charge on any atom is -0.370 e. The zero-order valence-corrected chi connectivity index (χ0v) is 13.9. The molecule has 0 aliphatic carbocycles. The highest BCUT2D eigenvalue weighted by atomic mass is 31.2. The first-order valence-corrected chi connectivity index (χ1v) is 9.25. The van der Waals surface area contributed by atoms with E-state index in [-0.39, 0.29) is 6.61 Å². The fraction of sp³-hybridized carbons (Fsp3) is 1.00. The molecule has 1 N–H and O–H groups in total. The second-order valence-corrected chi connectivity index (χ2v) is 6.97. The Morgan fingerprint density at radius 1 is 1.25 bits per heavy atom. The van der Waals surface area contributed by atoms with Crippen molar-refractivity contribution in [2.24, 2.45) is 0 Å². The first-order valence-electron chi connectivity index (χ1n) is 7.75. The van der Waals surface area contributed by atoms with Crippen LogP contribution in [0.25, 0.3) is 0 Å². The molecule has 3 unspecified atom stereocenters. The Morgan fingerprint density at radius 3 is 2.55 bits per heavy atom. The van der Waals surface area contributed by atoms with Gasteiger partial charge in [-0.15, -0.1) is 0 Å². The summed E-state index contributed by atoms with van der Waals surface area (Å²) in [5.74, 6) is 0. The molecule has 1 aliphatic heterocycles. The molecule has 1 heterocycles. The van der Waals surface area contributed by atoms with Crippen LogP contribution >= 0.6 is 7.82 Å².